The molecule has 132 valence electrons. The van der Waals surface area contributed by atoms with Gasteiger partial charge in [-0.1, -0.05) is 12.1 Å². The van der Waals surface area contributed by atoms with Crippen LogP contribution in [0.2, 0.25) is 0 Å². The van der Waals surface area contributed by atoms with E-state index < -0.39 is 11.7 Å². The Labute approximate surface area is 147 Å². The lowest BCUT2D eigenvalue weighted by Gasteiger charge is -2.17. The first-order chi connectivity index (χ1) is 12.5. The summed E-state index contributed by atoms with van der Waals surface area (Å²) >= 11 is 0. The Hall–Kier alpha value is -3.16. The number of aromatic nitrogens is 3. The highest BCUT2D eigenvalue weighted by Gasteiger charge is 2.30. The van der Waals surface area contributed by atoms with E-state index in [1.165, 1.54) is 12.4 Å². The van der Waals surface area contributed by atoms with Gasteiger partial charge in [0.2, 0.25) is 0 Å². The molecule has 3 aromatic rings. The Kier molecular flexibility index (Phi) is 3.95. The Morgan fingerprint density at radius 1 is 1.08 bits per heavy atom. The van der Waals surface area contributed by atoms with Crippen molar-refractivity contribution >= 4 is 11.5 Å². The van der Waals surface area contributed by atoms with Crippen LogP contribution in [-0.4, -0.2) is 21.6 Å². The average molecular weight is 357 g/mol. The largest absolute Gasteiger partial charge is 0.416 e. The zero-order valence-corrected chi connectivity index (χ0v) is 13.5. The molecule has 0 amide bonds. The third-order valence-corrected chi connectivity index (χ3v) is 4.16. The number of benzene rings is 1. The molecule has 0 aliphatic carbocycles. The summed E-state index contributed by atoms with van der Waals surface area (Å²) in [6.45, 7) is 1.11. The molecule has 8 heteroatoms. The van der Waals surface area contributed by atoms with Crippen molar-refractivity contribution in [1.29, 1.82) is 0 Å². The van der Waals surface area contributed by atoms with Gasteiger partial charge in [0.25, 0.3) is 0 Å². The molecule has 1 aromatic carbocycles. The van der Waals surface area contributed by atoms with Gasteiger partial charge in [-0.2, -0.15) is 13.2 Å². The lowest BCUT2D eigenvalue weighted by molar-refractivity contribution is -0.137. The molecular formula is C18H14F3N5. The van der Waals surface area contributed by atoms with E-state index >= 15 is 0 Å². The van der Waals surface area contributed by atoms with Crippen molar-refractivity contribution in [2.75, 3.05) is 16.9 Å². The molecule has 5 nitrogen and oxygen atoms in total. The van der Waals surface area contributed by atoms with E-state index in [4.69, 9.17) is 0 Å². The second-order valence-electron chi connectivity index (χ2n) is 5.90. The predicted molar refractivity (Wildman–Crippen MR) is 91.4 cm³/mol. The van der Waals surface area contributed by atoms with Gasteiger partial charge in [0.1, 0.15) is 6.33 Å². The van der Waals surface area contributed by atoms with Crippen molar-refractivity contribution in [3.63, 3.8) is 0 Å². The lowest BCUT2D eigenvalue weighted by Crippen LogP contribution is -2.22. The van der Waals surface area contributed by atoms with E-state index in [1.54, 1.807) is 18.5 Å². The van der Waals surface area contributed by atoms with Crippen molar-refractivity contribution < 1.29 is 13.2 Å². The number of pyridine rings is 1. The van der Waals surface area contributed by atoms with Gasteiger partial charge < -0.3 is 10.2 Å². The molecule has 0 saturated heterocycles. The Morgan fingerprint density at radius 2 is 1.96 bits per heavy atom. The van der Waals surface area contributed by atoms with Crippen molar-refractivity contribution in [2.45, 2.75) is 12.7 Å². The fourth-order valence-corrected chi connectivity index (χ4v) is 2.87. The number of halogens is 3. The molecule has 0 fully saturated rings. The van der Waals surface area contributed by atoms with Crippen LogP contribution in [0.5, 0.6) is 0 Å². The highest BCUT2D eigenvalue weighted by Crippen LogP contribution is 2.36. The predicted octanol–water partition coefficient (Wildman–Crippen LogP) is 3.95. The van der Waals surface area contributed by atoms with Crippen LogP contribution >= 0.6 is 0 Å². The van der Waals surface area contributed by atoms with Crippen LogP contribution in [0.15, 0.2) is 55.1 Å². The van der Waals surface area contributed by atoms with Crippen molar-refractivity contribution in [3.05, 3.63) is 66.4 Å². The summed E-state index contributed by atoms with van der Waals surface area (Å²) in [5.41, 5.74) is 2.11. The minimum Gasteiger partial charge on any atom is -0.351 e. The summed E-state index contributed by atoms with van der Waals surface area (Å²) in [6.07, 6.45) is 0.359. The number of anilines is 2. The van der Waals surface area contributed by atoms with Gasteiger partial charge in [-0.25, -0.2) is 15.0 Å². The van der Waals surface area contributed by atoms with E-state index in [-0.39, 0.29) is 0 Å². The summed E-state index contributed by atoms with van der Waals surface area (Å²) in [5.74, 6) is 0.704. The van der Waals surface area contributed by atoms with Crippen LogP contribution in [0, 0.1) is 0 Å². The van der Waals surface area contributed by atoms with Crippen LogP contribution in [0.4, 0.5) is 24.7 Å². The van der Waals surface area contributed by atoms with Crippen LogP contribution in [0.3, 0.4) is 0 Å². The zero-order chi connectivity index (χ0) is 18.1. The molecule has 0 radical (unpaired) electrons. The van der Waals surface area contributed by atoms with E-state index in [2.05, 4.69) is 20.3 Å². The highest BCUT2D eigenvalue weighted by molar-refractivity contribution is 5.77. The van der Waals surface area contributed by atoms with Gasteiger partial charge in [-0.3, -0.25) is 0 Å². The number of hydrogen-bond donors (Lipinski definition) is 1. The Morgan fingerprint density at radius 3 is 2.73 bits per heavy atom. The third-order valence-electron chi connectivity index (χ3n) is 4.16. The van der Waals surface area contributed by atoms with Gasteiger partial charge >= 0.3 is 6.18 Å². The molecule has 4 rings (SSSR count). The average Bonchev–Trinajstić information content (AvgIpc) is 3.04. The summed E-state index contributed by atoms with van der Waals surface area (Å²) in [5, 5.41) is 3.18. The van der Waals surface area contributed by atoms with Crippen molar-refractivity contribution in [1.82, 2.24) is 15.0 Å². The summed E-state index contributed by atoms with van der Waals surface area (Å²) in [7, 11) is 0. The topological polar surface area (TPSA) is 53.9 Å². The van der Waals surface area contributed by atoms with E-state index in [9.17, 15) is 13.2 Å². The normalized spacial score (nSPS) is 13.4. The van der Waals surface area contributed by atoms with E-state index in [1.807, 2.05) is 17.0 Å². The van der Waals surface area contributed by atoms with Gasteiger partial charge in [-0.05, 0) is 29.8 Å². The highest BCUT2D eigenvalue weighted by atomic mass is 19.4. The van der Waals surface area contributed by atoms with Crippen LogP contribution in [-0.2, 0) is 12.7 Å². The summed E-state index contributed by atoms with van der Waals surface area (Å²) < 4.78 is 38.9. The van der Waals surface area contributed by atoms with Crippen molar-refractivity contribution in [3.8, 4) is 11.1 Å². The Balaban J connectivity index is 1.66. The number of nitrogens with one attached hydrogen (secondary N) is 1. The van der Waals surface area contributed by atoms with Gasteiger partial charge in [0.15, 0.2) is 5.82 Å². The quantitative estimate of drug-likeness (QED) is 0.769. The fraction of sp³-hybridized carbons (Fsp3) is 0.167. The molecule has 3 heterocycles. The number of fused-ring (bicyclic) bond motifs is 1. The molecule has 2 aromatic heterocycles. The van der Waals surface area contributed by atoms with Crippen LogP contribution in [0.1, 0.15) is 11.3 Å². The van der Waals surface area contributed by atoms with Gasteiger partial charge in [0, 0.05) is 18.0 Å². The zero-order valence-electron chi connectivity index (χ0n) is 13.5. The lowest BCUT2D eigenvalue weighted by atomic mass is 10.0. The van der Waals surface area contributed by atoms with Gasteiger partial charge in [-0.15, -0.1) is 0 Å². The third kappa shape index (κ3) is 3.17. The minimum atomic E-state index is -4.37. The molecule has 0 saturated carbocycles. The van der Waals surface area contributed by atoms with Crippen LogP contribution in [0.25, 0.3) is 11.1 Å². The Bertz CT molecular complexity index is 928. The molecule has 0 unspecified atom stereocenters. The van der Waals surface area contributed by atoms with E-state index in [0.717, 1.165) is 23.5 Å². The molecule has 26 heavy (non-hydrogen) atoms. The molecule has 1 aliphatic heterocycles. The monoisotopic (exact) mass is 357 g/mol. The first kappa shape index (κ1) is 16.3. The van der Waals surface area contributed by atoms with Crippen molar-refractivity contribution in [2.24, 2.45) is 0 Å². The maximum absolute atomic E-state index is 13.0. The molecule has 0 bridgehead atoms. The minimum absolute atomic E-state index is 0.476. The number of nitrogens with zero attached hydrogens (tertiary/aromatic N) is 4. The van der Waals surface area contributed by atoms with Crippen LogP contribution < -0.4 is 10.2 Å². The SMILES string of the molecule is FC(F)(F)c1cccc(-c2cnc3c(c2)N(Cc2ccncn2)CN3)c1. The maximum atomic E-state index is 13.0. The summed E-state index contributed by atoms with van der Waals surface area (Å²) in [4.78, 5) is 14.5. The first-order valence-electron chi connectivity index (χ1n) is 7.92. The second kappa shape index (κ2) is 6.29. The molecule has 0 atom stereocenters. The second-order valence-corrected chi connectivity index (χ2v) is 5.90. The number of alkyl halides is 3. The number of hydrogen-bond acceptors (Lipinski definition) is 5. The fourth-order valence-electron chi connectivity index (χ4n) is 2.87. The van der Waals surface area contributed by atoms with Gasteiger partial charge in [0.05, 0.1) is 30.2 Å². The summed E-state index contributed by atoms with van der Waals surface area (Å²) in [6, 6.07) is 8.92. The standard InChI is InChI=1S/C18H14F3N5/c19-18(20,21)14-3-1-2-12(6-14)13-7-16-17(23-8-13)25-11-26(16)9-15-4-5-22-10-24-15/h1-8,10H,9,11H2,(H,23,25). The smallest absolute Gasteiger partial charge is 0.351 e. The van der Waals surface area contributed by atoms with E-state index in [0.29, 0.717) is 30.2 Å². The molecule has 1 aliphatic rings. The molecule has 1 N–H and O–H groups in total. The first-order valence-corrected chi connectivity index (χ1v) is 7.92. The molecule has 0 spiro atoms. The maximum Gasteiger partial charge on any atom is 0.416 e. The molecular weight excluding hydrogens is 343 g/mol. The number of rotatable bonds is 3.